The molecule has 1 unspecified atom stereocenters. The van der Waals surface area contributed by atoms with Crippen molar-refractivity contribution in [3.63, 3.8) is 0 Å². The quantitative estimate of drug-likeness (QED) is 0.218. The zero-order valence-corrected chi connectivity index (χ0v) is 24.6. The minimum atomic E-state index is -1.11. The van der Waals surface area contributed by atoms with Crippen molar-refractivity contribution in [2.45, 2.75) is 128 Å². The molecule has 0 aliphatic heterocycles. The van der Waals surface area contributed by atoms with Gasteiger partial charge >= 0.3 is 0 Å². The maximum absolute atomic E-state index is 15.8. The minimum Gasteiger partial charge on any atom is -0.207 e. The van der Waals surface area contributed by atoms with Crippen molar-refractivity contribution < 1.29 is 17.6 Å². The molecule has 3 aliphatic rings. The van der Waals surface area contributed by atoms with E-state index >= 15 is 8.78 Å². The number of benzene rings is 2. The van der Waals surface area contributed by atoms with Gasteiger partial charge in [0.15, 0.2) is 11.6 Å². The lowest BCUT2D eigenvalue weighted by Gasteiger charge is -2.33. The van der Waals surface area contributed by atoms with E-state index in [2.05, 4.69) is 6.92 Å². The summed E-state index contributed by atoms with van der Waals surface area (Å²) in [5.41, 5.74) is 1.71. The minimum absolute atomic E-state index is 0.197. The fourth-order valence-electron chi connectivity index (χ4n) is 8.18. The highest BCUT2D eigenvalue weighted by Crippen LogP contribution is 2.45. The smallest absolute Gasteiger partial charge is 0.176 e. The fraction of sp³-hybridized carbons (Fsp3) is 0.639. The van der Waals surface area contributed by atoms with Crippen molar-refractivity contribution >= 4 is 0 Å². The van der Waals surface area contributed by atoms with Crippen LogP contribution in [-0.2, 0) is 12.8 Å². The predicted molar refractivity (Wildman–Crippen MR) is 156 cm³/mol. The van der Waals surface area contributed by atoms with Crippen LogP contribution in [-0.4, -0.2) is 0 Å². The van der Waals surface area contributed by atoms with Gasteiger partial charge in [-0.2, -0.15) is 5.26 Å². The van der Waals surface area contributed by atoms with Crippen LogP contribution in [0.25, 0.3) is 0 Å². The highest BCUT2D eigenvalue weighted by molar-refractivity contribution is 5.40. The maximum atomic E-state index is 15.8. The molecule has 5 heteroatoms. The first-order chi connectivity index (χ1) is 19.9. The lowest BCUT2D eigenvalue weighted by molar-refractivity contribution is 0.233. The van der Waals surface area contributed by atoms with Crippen LogP contribution in [0.5, 0.6) is 0 Å². The SMILES string of the molecule is CCCCCC1CCC(CCC2CCc3c(cc(F)c(C4CCC(c5ccc(C#N)c(F)c5F)CC4)c3F)C2)CC1. The molecule has 0 radical (unpaired) electrons. The molecule has 222 valence electrons. The summed E-state index contributed by atoms with van der Waals surface area (Å²) >= 11 is 0. The molecule has 2 aromatic carbocycles. The Labute approximate surface area is 243 Å². The van der Waals surface area contributed by atoms with E-state index in [1.165, 1.54) is 69.9 Å². The van der Waals surface area contributed by atoms with Crippen LogP contribution in [0.4, 0.5) is 17.6 Å². The highest BCUT2D eigenvalue weighted by atomic mass is 19.2. The number of hydrogen-bond donors (Lipinski definition) is 0. The van der Waals surface area contributed by atoms with Gasteiger partial charge in [-0.3, -0.25) is 0 Å². The number of hydrogen-bond acceptors (Lipinski definition) is 1. The fourth-order valence-corrected chi connectivity index (χ4v) is 8.18. The normalized spacial score (nSPS) is 26.4. The van der Waals surface area contributed by atoms with E-state index < -0.39 is 17.5 Å². The van der Waals surface area contributed by atoms with E-state index in [0.29, 0.717) is 43.6 Å². The van der Waals surface area contributed by atoms with Crippen LogP contribution in [0.15, 0.2) is 18.2 Å². The van der Waals surface area contributed by atoms with Gasteiger partial charge in [0.2, 0.25) is 0 Å². The van der Waals surface area contributed by atoms with Gasteiger partial charge in [-0.1, -0.05) is 70.8 Å². The molecule has 5 rings (SSSR count). The Hall–Kier alpha value is -2.35. The molecular weight excluding hydrogens is 522 g/mol. The number of fused-ring (bicyclic) bond motifs is 1. The lowest BCUT2D eigenvalue weighted by atomic mass is 9.73. The molecule has 0 N–H and O–H groups in total. The molecule has 0 saturated heterocycles. The van der Waals surface area contributed by atoms with Crippen molar-refractivity contribution in [3.05, 3.63) is 69.3 Å². The second kappa shape index (κ2) is 13.7. The first kappa shape index (κ1) is 30.1. The van der Waals surface area contributed by atoms with Crippen molar-refractivity contribution in [3.8, 4) is 6.07 Å². The lowest BCUT2D eigenvalue weighted by Crippen LogP contribution is -2.21. The highest BCUT2D eigenvalue weighted by Gasteiger charge is 2.33. The number of rotatable bonds is 9. The first-order valence-electron chi connectivity index (χ1n) is 16.3. The second-order valence-corrected chi connectivity index (χ2v) is 13.3. The Balaban J connectivity index is 1.15. The number of unbranched alkanes of at least 4 members (excludes halogenated alkanes) is 2. The van der Waals surface area contributed by atoms with E-state index in [1.54, 1.807) is 12.1 Å². The Morgan fingerprint density at radius 2 is 1.39 bits per heavy atom. The summed E-state index contributed by atoms with van der Waals surface area (Å²) in [6.45, 7) is 2.27. The van der Waals surface area contributed by atoms with Crippen LogP contribution in [0.3, 0.4) is 0 Å². The van der Waals surface area contributed by atoms with Gasteiger partial charge in [-0.25, -0.2) is 17.6 Å². The third-order valence-corrected chi connectivity index (χ3v) is 10.7. The van der Waals surface area contributed by atoms with E-state index in [0.717, 1.165) is 36.7 Å². The van der Waals surface area contributed by atoms with Crippen molar-refractivity contribution in [2.75, 3.05) is 0 Å². The molecule has 0 amide bonds. The molecule has 1 nitrogen and oxygen atoms in total. The summed E-state index contributed by atoms with van der Waals surface area (Å²) in [4.78, 5) is 0. The van der Waals surface area contributed by atoms with Crippen LogP contribution >= 0.6 is 0 Å². The van der Waals surface area contributed by atoms with E-state index in [9.17, 15) is 8.78 Å². The van der Waals surface area contributed by atoms with E-state index in [4.69, 9.17) is 5.26 Å². The first-order valence-corrected chi connectivity index (χ1v) is 16.3. The van der Waals surface area contributed by atoms with E-state index in [-0.39, 0.29) is 34.3 Å². The van der Waals surface area contributed by atoms with Crippen molar-refractivity contribution in [2.24, 2.45) is 17.8 Å². The Bertz CT molecular complexity index is 1230. The summed E-state index contributed by atoms with van der Waals surface area (Å²) in [6.07, 6.45) is 17.8. The van der Waals surface area contributed by atoms with Gasteiger partial charge in [0.1, 0.15) is 17.7 Å². The molecule has 2 saturated carbocycles. The Morgan fingerprint density at radius 3 is 2.07 bits per heavy atom. The van der Waals surface area contributed by atoms with Gasteiger partial charge < -0.3 is 0 Å². The molecule has 3 aliphatic carbocycles. The van der Waals surface area contributed by atoms with Gasteiger partial charge in [0.05, 0.1) is 5.56 Å². The molecule has 0 aromatic heterocycles. The molecule has 1 atom stereocenters. The molecule has 0 spiro atoms. The summed E-state index contributed by atoms with van der Waals surface area (Å²) in [5.74, 6) is -1.10. The summed E-state index contributed by atoms with van der Waals surface area (Å²) in [5, 5.41) is 8.94. The van der Waals surface area contributed by atoms with Crippen molar-refractivity contribution in [1.29, 1.82) is 5.26 Å². The van der Waals surface area contributed by atoms with Gasteiger partial charge in [-0.05, 0) is 110 Å². The number of nitrogens with zero attached hydrogens (tertiary/aromatic N) is 1. The largest absolute Gasteiger partial charge is 0.207 e. The van der Waals surface area contributed by atoms with Crippen molar-refractivity contribution in [1.82, 2.24) is 0 Å². The van der Waals surface area contributed by atoms with Crippen LogP contribution in [0, 0.1) is 52.4 Å². The van der Waals surface area contributed by atoms with Gasteiger partial charge in [0.25, 0.3) is 0 Å². The zero-order chi connectivity index (χ0) is 28.9. The summed E-state index contributed by atoms with van der Waals surface area (Å²) < 4.78 is 60.0. The topological polar surface area (TPSA) is 23.8 Å². The molecule has 41 heavy (non-hydrogen) atoms. The van der Waals surface area contributed by atoms with Crippen LogP contribution < -0.4 is 0 Å². The average molecular weight is 568 g/mol. The molecular formula is C36H45F4N. The maximum Gasteiger partial charge on any atom is 0.176 e. The number of nitriles is 1. The molecule has 2 aromatic rings. The standard InChI is InChI=1S/C36H45F4N/c1-2-3-4-5-23-6-8-24(9-7-23)10-11-25-12-18-31-29(20-25)21-32(37)33(35(31)39)27-15-13-26(14-16-27)30-19-17-28(22-41)34(38)36(30)40/h17,19,21,23-27H,2-16,18,20H2,1H3. The second-order valence-electron chi connectivity index (χ2n) is 13.3. The third-order valence-electron chi connectivity index (χ3n) is 10.7. The monoisotopic (exact) mass is 567 g/mol. The molecule has 0 heterocycles. The van der Waals surface area contributed by atoms with Gasteiger partial charge in [-0.15, -0.1) is 0 Å². The summed E-state index contributed by atoms with van der Waals surface area (Å²) in [7, 11) is 0. The summed E-state index contributed by atoms with van der Waals surface area (Å²) in [6, 6.07) is 6.07. The van der Waals surface area contributed by atoms with Crippen LogP contribution in [0.1, 0.15) is 143 Å². The molecule has 0 bridgehead atoms. The Morgan fingerprint density at radius 1 is 0.732 bits per heavy atom. The van der Waals surface area contributed by atoms with Crippen LogP contribution in [0.2, 0.25) is 0 Å². The van der Waals surface area contributed by atoms with Gasteiger partial charge in [0, 0.05) is 5.56 Å². The Kier molecular flexibility index (Phi) is 10.1. The predicted octanol–water partition coefficient (Wildman–Crippen LogP) is 10.8. The van der Waals surface area contributed by atoms with E-state index in [1.807, 2.05) is 0 Å². The average Bonchev–Trinajstić information content (AvgIpc) is 2.98. The third kappa shape index (κ3) is 6.84. The number of halogens is 4. The molecule has 2 fully saturated rings. The zero-order valence-electron chi connectivity index (χ0n) is 24.6.